The van der Waals surface area contributed by atoms with Gasteiger partial charge in [-0.3, -0.25) is 0 Å². The van der Waals surface area contributed by atoms with Gasteiger partial charge in [0.25, 0.3) is 0 Å². The number of rotatable bonds is 5. The summed E-state index contributed by atoms with van der Waals surface area (Å²) in [5.41, 5.74) is 0. The van der Waals surface area contributed by atoms with Crippen molar-refractivity contribution in [2.75, 3.05) is 0 Å². The highest BCUT2D eigenvalue weighted by atomic mass is 79.9. The van der Waals surface area contributed by atoms with E-state index in [-0.39, 0.29) is 6.10 Å². The molecule has 16 heavy (non-hydrogen) atoms. The van der Waals surface area contributed by atoms with E-state index in [0.29, 0.717) is 11.8 Å². The van der Waals surface area contributed by atoms with Gasteiger partial charge in [-0.25, -0.2) is 4.98 Å². The Morgan fingerprint density at radius 1 is 1.31 bits per heavy atom. The molecule has 0 aliphatic carbocycles. The standard InChI is InChI=1S/C12H19BrN2O/c1-5-11-14-10(13)7-12(15-11)16-9(4)6-8(2)3/h7-9H,5-6H2,1-4H3. The Kier molecular flexibility index (Phi) is 5.19. The van der Waals surface area contributed by atoms with Gasteiger partial charge >= 0.3 is 0 Å². The minimum Gasteiger partial charge on any atom is -0.475 e. The summed E-state index contributed by atoms with van der Waals surface area (Å²) < 4.78 is 6.55. The first-order valence-electron chi connectivity index (χ1n) is 5.71. The van der Waals surface area contributed by atoms with E-state index in [0.717, 1.165) is 23.3 Å². The molecule has 0 aliphatic heterocycles. The van der Waals surface area contributed by atoms with Gasteiger partial charge in [-0.2, -0.15) is 4.98 Å². The van der Waals surface area contributed by atoms with Crippen LogP contribution in [0.5, 0.6) is 5.88 Å². The van der Waals surface area contributed by atoms with Gasteiger partial charge < -0.3 is 4.74 Å². The number of ether oxygens (including phenoxy) is 1. The fourth-order valence-corrected chi connectivity index (χ4v) is 1.98. The van der Waals surface area contributed by atoms with Gasteiger partial charge in [-0.1, -0.05) is 20.8 Å². The Morgan fingerprint density at radius 3 is 2.56 bits per heavy atom. The molecular formula is C12H19BrN2O. The third-order valence-corrected chi connectivity index (χ3v) is 2.57. The summed E-state index contributed by atoms with van der Waals surface area (Å²) in [6.45, 7) is 8.48. The molecule has 1 unspecified atom stereocenters. The second kappa shape index (κ2) is 6.18. The second-order valence-electron chi connectivity index (χ2n) is 4.36. The van der Waals surface area contributed by atoms with E-state index in [2.05, 4.69) is 46.7 Å². The van der Waals surface area contributed by atoms with Crippen LogP contribution >= 0.6 is 15.9 Å². The van der Waals surface area contributed by atoms with Crippen molar-refractivity contribution in [1.29, 1.82) is 0 Å². The minimum absolute atomic E-state index is 0.187. The van der Waals surface area contributed by atoms with Crippen LogP contribution in [0, 0.1) is 5.92 Å². The lowest BCUT2D eigenvalue weighted by Crippen LogP contribution is -2.15. The molecule has 4 heteroatoms. The van der Waals surface area contributed by atoms with Gasteiger partial charge in [0.1, 0.15) is 10.4 Å². The molecule has 1 aromatic rings. The molecule has 0 fully saturated rings. The SMILES string of the molecule is CCc1nc(Br)cc(OC(C)CC(C)C)n1. The molecule has 3 nitrogen and oxygen atoms in total. The normalized spacial score (nSPS) is 12.9. The summed E-state index contributed by atoms with van der Waals surface area (Å²) in [5, 5.41) is 0. The van der Waals surface area contributed by atoms with Crippen LogP contribution in [0.1, 0.15) is 39.9 Å². The highest BCUT2D eigenvalue weighted by Gasteiger charge is 2.09. The van der Waals surface area contributed by atoms with E-state index in [4.69, 9.17) is 4.74 Å². The third-order valence-electron chi connectivity index (χ3n) is 2.16. The van der Waals surface area contributed by atoms with Crippen molar-refractivity contribution < 1.29 is 4.74 Å². The molecular weight excluding hydrogens is 268 g/mol. The molecule has 90 valence electrons. The van der Waals surface area contributed by atoms with Crippen LogP contribution in [0.3, 0.4) is 0 Å². The number of nitrogens with zero attached hydrogens (tertiary/aromatic N) is 2. The Morgan fingerprint density at radius 2 is 2.00 bits per heavy atom. The van der Waals surface area contributed by atoms with Gasteiger partial charge in [0, 0.05) is 12.5 Å². The molecule has 0 radical (unpaired) electrons. The van der Waals surface area contributed by atoms with Crippen molar-refractivity contribution in [3.05, 3.63) is 16.5 Å². The summed E-state index contributed by atoms with van der Waals surface area (Å²) in [6.07, 6.45) is 2.03. The fourth-order valence-electron chi connectivity index (χ4n) is 1.58. The van der Waals surface area contributed by atoms with Crippen molar-refractivity contribution in [3.8, 4) is 5.88 Å². The van der Waals surface area contributed by atoms with E-state index in [1.807, 2.05) is 13.0 Å². The van der Waals surface area contributed by atoms with Gasteiger partial charge in [-0.15, -0.1) is 0 Å². The average Bonchev–Trinajstić information content (AvgIpc) is 2.14. The summed E-state index contributed by atoms with van der Waals surface area (Å²) in [7, 11) is 0. The van der Waals surface area contributed by atoms with Crippen LogP contribution in [0.25, 0.3) is 0 Å². The highest BCUT2D eigenvalue weighted by Crippen LogP contribution is 2.17. The largest absolute Gasteiger partial charge is 0.475 e. The van der Waals surface area contributed by atoms with Crippen LogP contribution in [0.15, 0.2) is 10.7 Å². The van der Waals surface area contributed by atoms with E-state index >= 15 is 0 Å². The highest BCUT2D eigenvalue weighted by molar-refractivity contribution is 9.10. The zero-order chi connectivity index (χ0) is 12.1. The van der Waals surface area contributed by atoms with Gasteiger partial charge in [0.05, 0.1) is 6.10 Å². The predicted molar refractivity (Wildman–Crippen MR) is 68.7 cm³/mol. The molecule has 0 bridgehead atoms. The number of aryl methyl sites for hydroxylation is 1. The van der Waals surface area contributed by atoms with Crippen molar-refractivity contribution in [2.24, 2.45) is 5.92 Å². The summed E-state index contributed by atoms with van der Waals surface area (Å²) in [6, 6.07) is 1.82. The molecule has 0 saturated heterocycles. The maximum Gasteiger partial charge on any atom is 0.217 e. The summed E-state index contributed by atoms with van der Waals surface area (Å²) in [4.78, 5) is 8.58. The lowest BCUT2D eigenvalue weighted by Gasteiger charge is -2.16. The molecule has 1 aromatic heterocycles. The predicted octanol–water partition coefficient (Wildman–Crippen LogP) is 3.61. The van der Waals surface area contributed by atoms with Gasteiger partial charge in [0.15, 0.2) is 0 Å². The minimum atomic E-state index is 0.187. The zero-order valence-electron chi connectivity index (χ0n) is 10.3. The zero-order valence-corrected chi connectivity index (χ0v) is 11.9. The van der Waals surface area contributed by atoms with Crippen LogP contribution in [0.4, 0.5) is 0 Å². The molecule has 1 atom stereocenters. The Balaban J connectivity index is 2.69. The third kappa shape index (κ3) is 4.47. The van der Waals surface area contributed by atoms with Crippen molar-refractivity contribution >= 4 is 15.9 Å². The monoisotopic (exact) mass is 286 g/mol. The lowest BCUT2D eigenvalue weighted by molar-refractivity contribution is 0.184. The van der Waals surface area contributed by atoms with Crippen LogP contribution in [0.2, 0.25) is 0 Å². The van der Waals surface area contributed by atoms with Crippen molar-refractivity contribution in [2.45, 2.75) is 46.6 Å². The van der Waals surface area contributed by atoms with Gasteiger partial charge in [-0.05, 0) is 35.2 Å². The Hall–Kier alpha value is -0.640. The molecule has 0 aromatic carbocycles. The average molecular weight is 287 g/mol. The topological polar surface area (TPSA) is 35.0 Å². The lowest BCUT2D eigenvalue weighted by atomic mass is 10.1. The molecule has 0 N–H and O–H groups in total. The quantitative estimate of drug-likeness (QED) is 0.776. The van der Waals surface area contributed by atoms with E-state index in [1.54, 1.807) is 0 Å². The van der Waals surface area contributed by atoms with Crippen molar-refractivity contribution in [3.63, 3.8) is 0 Å². The maximum atomic E-state index is 5.77. The number of hydrogen-bond acceptors (Lipinski definition) is 3. The van der Waals surface area contributed by atoms with Crippen LogP contribution < -0.4 is 4.74 Å². The number of hydrogen-bond donors (Lipinski definition) is 0. The second-order valence-corrected chi connectivity index (χ2v) is 5.17. The van der Waals surface area contributed by atoms with E-state index < -0.39 is 0 Å². The molecule has 0 saturated carbocycles. The first-order valence-corrected chi connectivity index (χ1v) is 6.50. The first-order chi connectivity index (χ1) is 7.51. The molecule has 0 aliphatic rings. The maximum absolute atomic E-state index is 5.77. The molecule has 1 heterocycles. The molecule has 0 spiro atoms. The smallest absolute Gasteiger partial charge is 0.217 e. The molecule has 1 rings (SSSR count). The van der Waals surface area contributed by atoms with Crippen LogP contribution in [-0.4, -0.2) is 16.1 Å². The van der Waals surface area contributed by atoms with E-state index in [9.17, 15) is 0 Å². The van der Waals surface area contributed by atoms with Crippen LogP contribution in [-0.2, 0) is 6.42 Å². The Labute approximate surface area is 106 Å². The first kappa shape index (κ1) is 13.4. The summed E-state index contributed by atoms with van der Waals surface area (Å²) >= 11 is 3.36. The summed E-state index contributed by atoms with van der Waals surface area (Å²) in [5.74, 6) is 2.10. The Bertz CT molecular complexity index is 342. The molecule has 0 amide bonds. The number of aromatic nitrogens is 2. The van der Waals surface area contributed by atoms with Crippen molar-refractivity contribution in [1.82, 2.24) is 9.97 Å². The van der Waals surface area contributed by atoms with Gasteiger partial charge in [0.2, 0.25) is 5.88 Å². The number of halogens is 1. The fraction of sp³-hybridized carbons (Fsp3) is 0.667. The van der Waals surface area contributed by atoms with E-state index in [1.165, 1.54) is 0 Å².